The summed E-state index contributed by atoms with van der Waals surface area (Å²) in [6.07, 6.45) is 1.48. The first kappa shape index (κ1) is 16.5. The van der Waals surface area contributed by atoms with Crippen molar-refractivity contribution in [1.29, 1.82) is 0 Å². The summed E-state index contributed by atoms with van der Waals surface area (Å²) in [6.45, 7) is 9.69. The largest absolute Gasteiger partial charge is 0.508 e. The molecule has 3 heteroatoms. The standard InChI is InChI=1S/C17H26O3/c1-11(2)8-15(20-14(5)18)10-13(4)16-7-6-12(3)9-17(16)19/h6-7,9,11,13,15,19H,8,10H2,1-5H3/t13-,15+/m0/s1. The summed E-state index contributed by atoms with van der Waals surface area (Å²) in [6, 6.07) is 5.72. The Labute approximate surface area is 122 Å². The Kier molecular flexibility index (Phi) is 6.05. The van der Waals surface area contributed by atoms with Gasteiger partial charge in [0.25, 0.3) is 0 Å². The van der Waals surface area contributed by atoms with Crippen LogP contribution in [0.2, 0.25) is 0 Å². The molecule has 1 N–H and O–H groups in total. The van der Waals surface area contributed by atoms with Crippen LogP contribution in [0, 0.1) is 12.8 Å². The lowest BCUT2D eigenvalue weighted by molar-refractivity contribution is -0.147. The second-order valence-corrected chi connectivity index (χ2v) is 6.06. The first-order valence-electron chi connectivity index (χ1n) is 7.26. The van der Waals surface area contributed by atoms with Crippen molar-refractivity contribution in [1.82, 2.24) is 0 Å². The molecule has 0 amide bonds. The zero-order valence-electron chi connectivity index (χ0n) is 13.1. The molecule has 0 fully saturated rings. The van der Waals surface area contributed by atoms with E-state index in [1.807, 2.05) is 19.1 Å². The third-order valence-electron chi connectivity index (χ3n) is 3.40. The van der Waals surface area contributed by atoms with Crippen LogP contribution in [-0.4, -0.2) is 17.2 Å². The maximum Gasteiger partial charge on any atom is 0.302 e. The molecule has 0 saturated heterocycles. The van der Waals surface area contributed by atoms with Gasteiger partial charge in [-0.15, -0.1) is 0 Å². The molecule has 0 aliphatic heterocycles. The number of rotatable bonds is 6. The molecule has 0 spiro atoms. The minimum Gasteiger partial charge on any atom is -0.508 e. The van der Waals surface area contributed by atoms with Crippen LogP contribution in [0.3, 0.4) is 0 Å². The predicted octanol–water partition coefficient (Wildman–Crippen LogP) is 4.17. The van der Waals surface area contributed by atoms with Gasteiger partial charge in [0.2, 0.25) is 0 Å². The van der Waals surface area contributed by atoms with E-state index in [4.69, 9.17) is 4.74 Å². The number of phenolic OH excluding ortho intramolecular Hbond substituents is 1. The van der Waals surface area contributed by atoms with Gasteiger partial charge < -0.3 is 9.84 Å². The quantitative estimate of drug-likeness (QED) is 0.794. The molecule has 1 aromatic carbocycles. The molecule has 0 heterocycles. The van der Waals surface area contributed by atoms with Gasteiger partial charge in [0.15, 0.2) is 0 Å². The fourth-order valence-electron chi connectivity index (χ4n) is 2.54. The summed E-state index contributed by atoms with van der Waals surface area (Å²) in [5, 5.41) is 10.0. The lowest BCUT2D eigenvalue weighted by atomic mass is 9.90. The Bertz CT molecular complexity index is 452. The number of hydrogen-bond acceptors (Lipinski definition) is 3. The second-order valence-electron chi connectivity index (χ2n) is 6.06. The molecule has 3 nitrogen and oxygen atoms in total. The molecule has 20 heavy (non-hydrogen) atoms. The normalized spacial score (nSPS) is 14.1. The highest BCUT2D eigenvalue weighted by molar-refractivity contribution is 5.66. The van der Waals surface area contributed by atoms with E-state index in [1.165, 1.54) is 6.92 Å². The van der Waals surface area contributed by atoms with E-state index in [0.29, 0.717) is 11.7 Å². The fraction of sp³-hybridized carbons (Fsp3) is 0.588. The zero-order chi connectivity index (χ0) is 15.3. The van der Waals surface area contributed by atoms with Gasteiger partial charge in [-0.05, 0) is 48.8 Å². The maximum absolute atomic E-state index is 11.2. The fourth-order valence-corrected chi connectivity index (χ4v) is 2.54. The molecule has 0 unspecified atom stereocenters. The van der Waals surface area contributed by atoms with Crippen LogP contribution in [0.1, 0.15) is 57.6 Å². The van der Waals surface area contributed by atoms with Crippen LogP contribution in [0.25, 0.3) is 0 Å². The number of aromatic hydroxyl groups is 1. The average Bonchev–Trinajstić information content (AvgIpc) is 2.26. The van der Waals surface area contributed by atoms with Gasteiger partial charge in [-0.2, -0.15) is 0 Å². The third kappa shape index (κ3) is 5.24. The van der Waals surface area contributed by atoms with E-state index in [1.54, 1.807) is 6.07 Å². The van der Waals surface area contributed by atoms with Crippen LogP contribution < -0.4 is 0 Å². The van der Waals surface area contributed by atoms with E-state index in [2.05, 4.69) is 20.8 Å². The van der Waals surface area contributed by atoms with Crippen molar-refractivity contribution in [2.45, 2.75) is 59.5 Å². The van der Waals surface area contributed by atoms with E-state index in [9.17, 15) is 9.90 Å². The maximum atomic E-state index is 11.2. The van der Waals surface area contributed by atoms with Gasteiger partial charge in [-0.25, -0.2) is 0 Å². The van der Waals surface area contributed by atoms with Crippen LogP contribution in [0.4, 0.5) is 0 Å². The van der Waals surface area contributed by atoms with E-state index in [0.717, 1.165) is 24.0 Å². The zero-order valence-corrected chi connectivity index (χ0v) is 13.1. The van der Waals surface area contributed by atoms with Crippen LogP contribution in [0.5, 0.6) is 5.75 Å². The molecule has 0 radical (unpaired) electrons. The van der Waals surface area contributed by atoms with E-state index < -0.39 is 0 Å². The van der Waals surface area contributed by atoms with E-state index >= 15 is 0 Å². The van der Waals surface area contributed by atoms with Gasteiger partial charge in [-0.3, -0.25) is 4.79 Å². The van der Waals surface area contributed by atoms with Crippen LogP contribution in [-0.2, 0) is 9.53 Å². The number of hydrogen-bond donors (Lipinski definition) is 1. The molecular formula is C17H26O3. The Hall–Kier alpha value is -1.51. The average molecular weight is 278 g/mol. The Morgan fingerprint density at radius 1 is 1.25 bits per heavy atom. The minimum atomic E-state index is -0.240. The molecule has 2 atom stereocenters. The number of aryl methyl sites for hydroxylation is 1. The summed E-state index contributed by atoms with van der Waals surface area (Å²) in [5.41, 5.74) is 1.95. The lowest BCUT2D eigenvalue weighted by Gasteiger charge is -2.23. The Balaban J connectivity index is 2.78. The summed E-state index contributed by atoms with van der Waals surface area (Å²) in [4.78, 5) is 11.2. The molecule has 1 aromatic rings. The van der Waals surface area contributed by atoms with Gasteiger partial charge in [-0.1, -0.05) is 32.9 Å². The summed E-state index contributed by atoms with van der Waals surface area (Å²) >= 11 is 0. The van der Waals surface area contributed by atoms with Gasteiger partial charge in [0.1, 0.15) is 11.9 Å². The molecule has 0 aliphatic rings. The Morgan fingerprint density at radius 2 is 1.90 bits per heavy atom. The SMILES string of the molecule is CC(=O)O[C@H](CC(C)C)C[C@H](C)c1ccc(C)cc1O. The van der Waals surface area contributed by atoms with Crippen molar-refractivity contribution in [2.24, 2.45) is 5.92 Å². The van der Waals surface area contributed by atoms with Crippen LogP contribution >= 0.6 is 0 Å². The van der Waals surface area contributed by atoms with Crippen LogP contribution in [0.15, 0.2) is 18.2 Å². The highest BCUT2D eigenvalue weighted by atomic mass is 16.5. The van der Waals surface area contributed by atoms with Crippen molar-refractivity contribution in [3.8, 4) is 5.75 Å². The number of benzene rings is 1. The first-order valence-corrected chi connectivity index (χ1v) is 7.26. The van der Waals surface area contributed by atoms with Gasteiger partial charge >= 0.3 is 5.97 Å². The molecule has 112 valence electrons. The van der Waals surface area contributed by atoms with Crippen molar-refractivity contribution < 1.29 is 14.6 Å². The third-order valence-corrected chi connectivity index (χ3v) is 3.40. The summed E-state index contributed by atoms with van der Waals surface area (Å²) in [5.74, 6) is 0.705. The minimum absolute atomic E-state index is 0.0943. The lowest BCUT2D eigenvalue weighted by Crippen LogP contribution is -2.20. The monoisotopic (exact) mass is 278 g/mol. The number of ether oxygens (including phenoxy) is 1. The number of esters is 1. The summed E-state index contributed by atoms with van der Waals surface area (Å²) in [7, 11) is 0. The Morgan fingerprint density at radius 3 is 2.40 bits per heavy atom. The summed E-state index contributed by atoms with van der Waals surface area (Å²) < 4.78 is 5.40. The smallest absolute Gasteiger partial charge is 0.302 e. The number of carbonyl (C=O) groups is 1. The predicted molar refractivity (Wildman–Crippen MR) is 80.9 cm³/mol. The highest BCUT2D eigenvalue weighted by Gasteiger charge is 2.20. The van der Waals surface area contributed by atoms with Gasteiger partial charge in [0, 0.05) is 6.92 Å². The topological polar surface area (TPSA) is 46.5 Å². The van der Waals surface area contributed by atoms with Crippen molar-refractivity contribution >= 4 is 5.97 Å². The van der Waals surface area contributed by atoms with Crippen molar-refractivity contribution in [3.63, 3.8) is 0 Å². The van der Waals surface area contributed by atoms with Crippen molar-refractivity contribution in [3.05, 3.63) is 29.3 Å². The molecule has 0 aromatic heterocycles. The first-order chi connectivity index (χ1) is 9.29. The molecule has 0 bridgehead atoms. The van der Waals surface area contributed by atoms with Crippen molar-refractivity contribution in [2.75, 3.05) is 0 Å². The molecule has 1 rings (SSSR count). The van der Waals surface area contributed by atoms with Gasteiger partial charge in [0.05, 0.1) is 0 Å². The number of carbonyl (C=O) groups excluding carboxylic acids is 1. The molecule has 0 saturated carbocycles. The second kappa shape index (κ2) is 7.32. The van der Waals surface area contributed by atoms with E-state index in [-0.39, 0.29) is 18.0 Å². The molecule has 0 aliphatic carbocycles. The number of phenols is 1. The molecular weight excluding hydrogens is 252 g/mol. The highest BCUT2D eigenvalue weighted by Crippen LogP contribution is 2.31.